The number of nitrogens with zero attached hydrogens (tertiary/aromatic N) is 3. The van der Waals surface area contributed by atoms with Crippen molar-refractivity contribution in [3.8, 4) is 11.4 Å². The van der Waals surface area contributed by atoms with Crippen LogP contribution in [0.2, 0.25) is 0 Å². The second-order valence-corrected chi connectivity index (χ2v) is 5.95. The van der Waals surface area contributed by atoms with Crippen LogP contribution in [0.1, 0.15) is 10.4 Å². The summed E-state index contributed by atoms with van der Waals surface area (Å²) >= 11 is 0. The first-order valence-electron chi connectivity index (χ1n) is 8.50. The van der Waals surface area contributed by atoms with E-state index >= 15 is 0 Å². The van der Waals surface area contributed by atoms with E-state index in [1.54, 1.807) is 18.3 Å². The summed E-state index contributed by atoms with van der Waals surface area (Å²) in [6.07, 6.45) is 3.12. The van der Waals surface area contributed by atoms with Crippen LogP contribution in [0.25, 0.3) is 22.3 Å². The van der Waals surface area contributed by atoms with Gasteiger partial charge < -0.3 is 10.6 Å². The van der Waals surface area contributed by atoms with Crippen LogP contribution in [0.3, 0.4) is 0 Å². The summed E-state index contributed by atoms with van der Waals surface area (Å²) in [5.41, 5.74) is 4.29. The topological polar surface area (TPSA) is 79.8 Å². The van der Waals surface area contributed by atoms with Gasteiger partial charge in [-0.1, -0.05) is 18.2 Å². The van der Waals surface area contributed by atoms with Gasteiger partial charge >= 0.3 is 0 Å². The number of fused-ring (bicyclic) bond motifs is 1. The Kier molecular flexibility index (Phi) is 4.45. The van der Waals surface area contributed by atoms with Gasteiger partial charge in [0.05, 0.1) is 22.5 Å². The van der Waals surface area contributed by atoms with Crippen LogP contribution < -0.4 is 10.6 Å². The standard InChI is InChI=1S/C21H17N5O/c1-22-14-6-8-15(9-7-14)25-21(27)17-12-20(19-10-11-23-13-24-19)26-18-5-3-2-4-16(17)18/h2-13,22H,1H3,(H,25,27). The first-order chi connectivity index (χ1) is 13.2. The Morgan fingerprint density at radius 1 is 0.926 bits per heavy atom. The number of nitrogens with one attached hydrogen (secondary N) is 2. The normalized spacial score (nSPS) is 10.6. The van der Waals surface area contributed by atoms with Crippen LogP contribution in [0, 0.1) is 0 Å². The van der Waals surface area contributed by atoms with Crippen LogP contribution in [-0.2, 0) is 0 Å². The van der Waals surface area contributed by atoms with Gasteiger partial charge in [0.1, 0.15) is 6.33 Å². The van der Waals surface area contributed by atoms with E-state index in [2.05, 4.69) is 25.6 Å². The van der Waals surface area contributed by atoms with E-state index in [0.717, 1.165) is 22.3 Å². The van der Waals surface area contributed by atoms with Crippen LogP contribution in [-0.4, -0.2) is 27.9 Å². The van der Waals surface area contributed by atoms with Gasteiger partial charge in [0, 0.05) is 30.0 Å². The Morgan fingerprint density at radius 3 is 2.44 bits per heavy atom. The molecule has 2 aromatic carbocycles. The Bertz CT molecular complexity index is 1090. The largest absolute Gasteiger partial charge is 0.388 e. The third-order valence-electron chi connectivity index (χ3n) is 4.24. The van der Waals surface area contributed by atoms with Gasteiger partial charge in [0.25, 0.3) is 5.91 Å². The zero-order valence-electron chi connectivity index (χ0n) is 14.7. The summed E-state index contributed by atoms with van der Waals surface area (Å²) in [5, 5.41) is 6.80. The van der Waals surface area contributed by atoms with E-state index in [9.17, 15) is 4.79 Å². The van der Waals surface area contributed by atoms with Gasteiger partial charge in [0.15, 0.2) is 0 Å². The summed E-state index contributed by atoms with van der Waals surface area (Å²) in [7, 11) is 1.85. The highest BCUT2D eigenvalue weighted by Crippen LogP contribution is 2.24. The van der Waals surface area contributed by atoms with E-state index in [-0.39, 0.29) is 5.91 Å². The van der Waals surface area contributed by atoms with Crippen molar-refractivity contribution in [1.82, 2.24) is 15.0 Å². The summed E-state index contributed by atoms with van der Waals surface area (Å²) in [5.74, 6) is -0.193. The van der Waals surface area contributed by atoms with Crippen molar-refractivity contribution in [3.05, 3.63) is 78.8 Å². The lowest BCUT2D eigenvalue weighted by molar-refractivity contribution is 0.102. The second-order valence-electron chi connectivity index (χ2n) is 5.95. The molecular weight excluding hydrogens is 338 g/mol. The van der Waals surface area contributed by atoms with Gasteiger partial charge in [0.2, 0.25) is 0 Å². The summed E-state index contributed by atoms with van der Waals surface area (Å²) in [4.78, 5) is 25.8. The zero-order chi connectivity index (χ0) is 18.6. The molecule has 27 heavy (non-hydrogen) atoms. The number of para-hydroxylation sites is 1. The third-order valence-corrected chi connectivity index (χ3v) is 4.24. The van der Waals surface area contributed by atoms with E-state index in [4.69, 9.17) is 0 Å². The van der Waals surface area contributed by atoms with E-state index < -0.39 is 0 Å². The quantitative estimate of drug-likeness (QED) is 0.579. The number of rotatable bonds is 4. The maximum Gasteiger partial charge on any atom is 0.256 e. The predicted molar refractivity (Wildman–Crippen MR) is 107 cm³/mol. The number of amides is 1. The van der Waals surface area contributed by atoms with Crippen LogP contribution in [0.5, 0.6) is 0 Å². The number of carbonyl (C=O) groups is 1. The van der Waals surface area contributed by atoms with Crippen molar-refractivity contribution in [2.75, 3.05) is 17.7 Å². The summed E-state index contributed by atoms with van der Waals surface area (Å²) in [6.45, 7) is 0. The number of benzene rings is 2. The fourth-order valence-corrected chi connectivity index (χ4v) is 2.86. The van der Waals surface area contributed by atoms with Gasteiger partial charge in [-0.25, -0.2) is 15.0 Å². The minimum Gasteiger partial charge on any atom is -0.388 e. The number of pyridine rings is 1. The lowest BCUT2D eigenvalue weighted by Gasteiger charge is -2.11. The Hall–Kier alpha value is -3.80. The zero-order valence-corrected chi connectivity index (χ0v) is 14.7. The Labute approximate surface area is 156 Å². The fourth-order valence-electron chi connectivity index (χ4n) is 2.86. The lowest BCUT2D eigenvalue weighted by Crippen LogP contribution is -2.13. The van der Waals surface area contributed by atoms with Crippen molar-refractivity contribution in [2.24, 2.45) is 0 Å². The van der Waals surface area contributed by atoms with Gasteiger partial charge in [-0.2, -0.15) is 0 Å². The lowest BCUT2D eigenvalue weighted by atomic mass is 10.1. The molecule has 0 saturated heterocycles. The highest BCUT2D eigenvalue weighted by molar-refractivity contribution is 6.13. The van der Waals surface area contributed by atoms with E-state index in [0.29, 0.717) is 17.0 Å². The number of anilines is 2. The molecule has 0 atom stereocenters. The molecule has 0 fully saturated rings. The molecule has 0 aliphatic carbocycles. The molecule has 0 unspecified atom stereocenters. The molecule has 0 saturated carbocycles. The Morgan fingerprint density at radius 2 is 1.70 bits per heavy atom. The number of carbonyl (C=O) groups excluding carboxylic acids is 1. The molecule has 6 nitrogen and oxygen atoms in total. The Balaban J connectivity index is 1.75. The number of hydrogen-bond donors (Lipinski definition) is 2. The monoisotopic (exact) mass is 355 g/mol. The smallest absolute Gasteiger partial charge is 0.256 e. The molecule has 0 spiro atoms. The maximum absolute atomic E-state index is 13.0. The molecule has 0 aliphatic heterocycles. The third kappa shape index (κ3) is 3.46. The molecule has 2 heterocycles. The molecule has 1 amide bonds. The van der Waals surface area contributed by atoms with E-state index in [1.807, 2.05) is 55.6 Å². The van der Waals surface area contributed by atoms with Gasteiger partial charge in [-0.15, -0.1) is 0 Å². The molecule has 4 rings (SSSR count). The molecule has 2 aromatic heterocycles. The average molecular weight is 355 g/mol. The van der Waals surface area contributed by atoms with Crippen molar-refractivity contribution in [1.29, 1.82) is 0 Å². The summed E-state index contributed by atoms with van der Waals surface area (Å²) < 4.78 is 0. The van der Waals surface area contributed by atoms with Crippen LogP contribution in [0.4, 0.5) is 11.4 Å². The van der Waals surface area contributed by atoms with Crippen LogP contribution >= 0.6 is 0 Å². The van der Waals surface area contributed by atoms with Crippen LogP contribution in [0.15, 0.2) is 73.2 Å². The maximum atomic E-state index is 13.0. The summed E-state index contributed by atoms with van der Waals surface area (Å²) in [6, 6.07) is 18.7. The molecule has 132 valence electrons. The van der Waals surface area contributed by atoms with Gasteiger partial charge in [-0.3, -0.25) is 4.79 Å². The number of hydrogen-bond acceptors (Lipinski definition) is 5. The highest BCUT2D eigenvalue weighted by Gasteiger charge is 2.14. The molecule has 2 N–H and O–H groups in total. The van der Waals surface area contributed by atoms with Crippen molar-refractivity contribution >= 4 is 28.2 Å². The second kappa shape index (κ2) is 7.21. The van der Waals surface area contributed by atoms with Crippen molar-refractivity contribution in [2.45, 2.75) is 0 Å². The molecule has 4 aromatic rings. The first kappa shape index (κ1) is 16.7. The van der Waals surface area contributed by atoms with Crippen molar-refractivity contribution < 1.29 is 4.79 Å². The average Bonchev–Trinajstić information content (AvgIpc) is 2.74. The van der Waals surface area contributed by atoms with Crippen molar-refractivity contribution in [3.63, 3.8) is 0 Å². The minimum absolute atomic E-state index is 0.193. The first-order valence-corrected chi connectivity index (χ1v) is 8.50. The molecule has 0 radical (unpaired) electrons. The SMILES string of the molecule is CNc1ccc(NC(=O)c2cc(-c3ccncn3)nc3ccccc23)cc1. The minimum atomic E-state index is -0.193. The highest BCUT2D eigenvalue weighted by atomic mass is 16.1. The molecule has 0 bridgehead atoms. The predicted octanol–water partition coefficient (Wildman–Crippen LogP) is 3.99. The molecule has 0 aliphatic rings. The molecule has 6 heteroatoms. The van der Waals surface area contributed by atoms with E-state index in [1.165, 1.54) is 6.33 Å². The van der Waals surface area contributed by atoms with Gasteiger partial charge in [-0.05, 0) is 42.5 Å². The molecular formula is C21H17N5O. The fraction of sp³-hybridized carbons (Fsp3) is 0.0476. The number of aromatic nitrogens is 3.